The molecular weight excluding hydrogens is 469 g/mol. The lowest BCUT2D eigenvalue weighted by atomic mass is 10.2. The molecule has 3 rings (SSSR count). The van der Waals surface area contributed by atoms with Crippen molar-refractivity contribution in [2.75, 3.05) is 19.9 Å². The first-order chi connectivity index (χ1) is 15.2. The molecule has 0 aliphatic heterocycles. The molecule has 6 nitrogen and oxygen atoms in total. The van der Waals surface area contributed by atoms with Crippen molar-refractivity contribution in [1.82, 2.24) is 3.97 Å². The number of hydrogen-bond acceptors (Lipinski definition) is 5. The Bertz CT molecular complexity index is 1260. The average Bonchev–Trinajstić information content (AvgIpc) is 3.10. The van der Waals surface area contributed by atoms with Gasteiger partial charge in [0.25, 0.3) is 10.0 Å². The molecule has 1 heterocycles. The lowest BCUT2D eigenvalue weighted by Gasteiger charge is -2.16. The molecule has 1 aromatic heterocycles. The second-order valence-corrected chi connectivity index (χ2v) is 11.3. The standard InChI is InChI=1S/C23H25ClNO5PS/c1-5-30-23(26)21-22(31(29-4)14-13-16(2)3)19-15-17(24)11-12-20(19)25(21)32(27,28)18-9-7-6-8-10-18/h6-13,15H,5,14H2,1-4H3. The molecule has 0 fully saturated rings. The van der Waals surface area contributed by atoms with Crippen molar-refractivity contribution in [2.24, 2.45) is 0 Å². The van der Waals surface area contributed by atoms with E-state index in [4.69, 9.17) is 20.9 Å². The number of nitrogens with zero attached hydrogens (tertiary/aromatic N) is 1. The van der Waals surface area contributed by atoms with Gasteiger partial charge in [0.1, 0.15) is 0 Å². The van der Waals surface area contributed by atoms with Gasteiger partial charge >= 0.3 is 5.97 Å². The molecule has 0 saturated heterocycles. The lowest BCUT2D eigenvalue weighted by molar-refractivity contribution is 0.0520. The summed E-state index contributed by atoms with van der Waals surface area (Å²) < 4.78 is 39.6. The van der Waals surface area contributed by atoms with Crippen LogP contribution in [0.4, 0.5) is 0 Å². The number of ether oxygens (including phenoxy) is 1. The van der Waals surface area contributed by atoms with E-state index in [1.165, 1.54) is 12.1 Å². The van der Waals surface area contributed by atoms with Gasteiger partial charge in [-0.1, -0.05) is 41.4 Å². The van der Waals surface area contributed by atoms with Crippen molar-refractivity contribution in [3.05, 3.63) is 70.9 Å². The Kier molecular flexibility index (Phi) is 7.78. The van der Waals surface area contributed by atoms with Crippen molar-refractivity contribution in [2.45, 2.75) is 25.7 Å². The molecule has 0 aliphatic rings. The molecule has 0 N–H and O–H groups in total. The van der Waals surface area contributed by atoms with Gasteiger partial charge < -0.3 is 9.26 Å². The number of esters is 1. The van der Waals surface area contributed by atoms with Gasteiger partial charge in [0.2, 0.25) is 0 Å². The SMILES string of the molecule is CCOC(=O)c1c(P(CC=C(C)C)OC)c2cc(Cl)ccc2n1S(=O)(=O)c1ccccc1. The van der Waals surface area contributed by atoms with Crippen LogP contribution in [-0.4, -0.2) is 38.2 Å². The number of allylic oxidation sites excluding steroid dienone is 2. The van der Waals surface area contributed by atoms with Crippen LogP contribution in [0.15, 0.2) is 65.1 Å². The summed E-state index contributed by atoms with van der Waals surface area (Å²) >= 11 is 6.28. The highest BCUT2D eigenvalue weighted by atomic mass is 35.5. The van der Waals surface area contributed by atoms with Crippen molar-refractivity contribution in [1.29, 1.82) is 0 Å². The summed E-state index contributed by atoms with van der Waals surface area (Å²) in [5.74, 6) is -0.726. The number of carbonyl (C=O) groups excluding carboxylic acids is 1. The third-order valence-electron chi connectivity index (χ3n) is 4.75. The summed E-state index contributed by atoms with van der Waals surface area (Å²) in [4.78, 5) is 13.2. The third kappa shape index (κ3) is 4.76. The van der Waals surface area contributed by atoms with Gasteiger partial charge in [-0.05, 0) is 51.1 Å². The monoisotopic (exact) mass is 493 g/mol. The zero-order valence-corrected chi connectivity index (χ0v) is 20.8. The molecule has 0 bridgehead atoms. The van der Waals surface area contributed by atoms with Crippen LogP contribution in [0.2, 0.25) is 5.02 Å². The van der Waals surface area contributed by atoms with Gasteiger partial charge in [-0.25, -0.2) is 17.2 Å². The normalized spacial score (nSPS) is 12.5. The fraction of sp³-hybridized carbons (Fsp3) is 0.261. The van der Waals surface area contributed by atoms with Crippen LogP contribution in [-0.2, 0) is 19.3 Å². The Morgan fingerprint density at radius 1 is 1.16 bits per heavy atom. The Morgan fingerprint density at radius 3 is 2.44 bits per heavy atom. The third-order valence-corrected chi connectivity index (χ3v) is 8.61. The van der Waals surface area contributed by atoms with Crippen LogP contribution in [0, 0.1) is 0 Å². The highest BCUT2D eigenvalue weighted by Gasteiger charge is 2.34. The van der Waals surface area contributed by atoms with Gasteiger partial charge in [-0.2, -0.15) is 0 Å². The fourth-order valence-electron chi connectivity index (χ4n) is 3.32. The number of rotatable bonds is 8. The van der Waals surface area contributed by atoms with E-state index < -0.39 is 24.1 Å². The minimum absolute atomic E-state index is 0.0527. The maximum atomic E-state index is 13.7. The summed E-state index contributed by atoms with van der Waals surface area (Å²) in [5, 5.41) is 1.47. The van der Waals surface area contributed by atoms with E-state index in [2.05, 4.69) is 0 Å². The van der Waals surface area contributed by atoms with Crippen LogP contribution in [0.3, 0.4) is 0 Å². The molecule has 1 unspecified atom stereocenters. The molecule has 0 aliphatic carbocycles. The molecule has 2 aromatic carbocycles. The summed E-state index contributed by atoms with van der Waals surface area (Å²) in [6.07, 6.45) is 2.52. The first-order valence-electron chi connectivity index (χ1n) is 9.99. The maximum absolute atomic E-state index is 13.7. The molecule has 3 aromatic rings. The number of hydrogen-bond donors (Lipinski definition) is 0. The van der Waals surface area contributed by atoms with E-state index in [-0.39, 0.29) is 17.2 Å². The van der Waals surface area contributed by atoms with Crippen molar-refractivity contribution < 1.29 is 22.5 Å². The lowest BCUT2D eigenvalue weighted by Crippen LogP contribution is -2.25. The molecule has 9 heteroatoms. The van der Waals surface area contributed by atoms with E-state index in [0.717, 1.165) is 9.55 Å². The number of fused-ring (bicyclic) bond motifs is 1. The van der Waals surface area contributed by atoms with Crippen LogP contribution in [0.5, 0.6) is 0 Å². The number of aromatic nitrogens is 1. The number of carbonyl (C=O) groups is 1. The predicted octanol–water partition coefficient (Wildman–Crippen LogP) is 5.34. The first-order valence-corrected chi connectivity index (χ1v) is 13.2. The highest BCUT2D eigenvalue weighted by Crippen LogP contribution is 2.42. The minimum Gasteiger partial charge on any atom is -0.461 e. The number of benzene rings is 2. The molecule has 1 atom stereocenters. The fourth-order valence-corrected chi connectivity index (χ4v) is 7.02. The van der Waals surface area contributed by atoms with Gasteiger partial charge in [0, 0.05) is 29.0 Å². The second-order valence-electron chi connectivity index (χ2n) is 7.19. The number of halogens is 1. The Morgan fingerprint density at radius 2 is 1.84 bits per heavy atom. The molecule has 170 valence electrons. The summed E-state index contributed by atoms with van der Waals surface area (Å²) in [5.41, 5.74) is 1.38. The quantitative estimate of drug-likeness (QED) is 0.240. The van der Waals surface area contributed by atoms with E-state index in [0.29, 0.717) is 27.4 Å². The van der Waals surface area contributed by atoms with E-state index in [1.807, 2.05) is 19.9 Å². The van der Waals surface area contributed by atoms with E-state index in [1.54, 1.807) is 50.4 Å². The first kappa shape index (κ1) is 24.5. The van der Waals surface area contributed by atoms with Crippen LogP contribution >= 0.6 is 19.7 Å². The van der Waals surface area contributed by atoms with E-state index in [9.17, 15) is 13.2 Å². The Labute approximate surface area is 194 Å². The largest absolute Gasteiger partial charge is 0.461 e. The zero-order valence-electron chi connectivity index (χ0n) is 18.3. The molecule has 0 saturated carbocycles. The zero-order chi connectivity index (χ0) is 23.5. The summed E-state index contributed by atoms with van der Waals surface area (Å²) in [7, 11) is -3.94. The van der Waals surface area contributed by atoms with Gasteiger partial charge in [0.05, 0.1) is 25.2 Å². The van der Waals surface area contributed by atoms with Crippen LogP contribution in [0.1, 0.15) is 31.3 Å². The van der Waals surface area contributed by atoms with Gasteiger partial charge in [0.15, 0.2) is 5.69 Å². The maximum Gasteiger partial charge on any atom is 0.356 e. The van der Waals surface area contributed by atoms with Gasteiger partial charge in [-0.3, -0.25) is 0 Å². The minimum atomic E-state index is -4.11. The highest BCUT2D eigenvalue weighted by molar-refractivity contribution is 7.90. The van der Waals surface area contributed by atoms with Crippen LogP contribution in [0.25, 0.3) is 10.9 Å². The predicted molar refractivity (Wildman–Crippen MR) is 130 cm³/mol. The summed E-state index contributed by atoms with van der Waals surface area (Å²) in [6, 6.07) is 12.9. The second kappa shape index (κ2) is 10.2. The van der Waals surface area contributed by atoms with Crippen LogP contribution < -0.4 is 5.30 Å². The molecule has 0 spiro atoms. The topological polar surface area (TPSA) is 74.6 Å². The molecule has 32 heavy (non-hydrogen) atoms. The molecule has 0 amide bonds. The average molecular weight is 494 g/mol. The van der Waals surface area contributed by atoms with Gasteiger partial charge in [-0.15, -0.1) is 0 Å². The Balaban J connectivity index is 2.45. The van der Waals surface area contributed by atoms with Crippen molar-refractivity contribution >= 4 is 51.9 Å². The summed E-state index contributed by atoms with van der Waals surface area (Å²) in [6.45, 7) is 5.71. The Hall–Kier alpha value is -2.18. The van der Waals surface area contributed by atoms with Crippen molar-refractivity contribution in [3.63, 3.8) is 0 Å². The molecule has 0 radical (unpaired) electrons. The smallest absolute Gasteiger partial charge is 0.356 e. The van der Waals surface area contributed by atoms with Crippen molar-refractivity contribution in [3.8, 4) is 0 Å². The van der Waals surface area contributed by atoms with E-state index >= 15 is 0 Å². The molecular formula is C23H25ClNO5PS.